The lowest BCUT2D eigenvalue weighted by Gasteiger charge is -2.44. The summed E-state index contributed by atoms with van der Waals surface area (Å²) in [7, 11) is 1.66. The normalized spacial score (nSPS) is 39.5. The zero-order chi connectivity index (χ0) is 41.0. The Labute approximate surface area is 336 Å². The first-order chi connectivity index (χ1) is 26.6. The maximum Gasteiger partial charge on any atom is 0.329 e. The van der Waals surface area contributed by atoms with Gasteiger partial charge in [-0.3, -0.25) is 9.59 Å². The second kappa shape index (κ2) is 21.9. The molecule has 2 bridgehead atoms. The molecule has 1 amide bonds. The monoisotopic (exact) mass is 784 g/mol. The number of aliphatic hydroxyl groups excluding tert-OH is 2. The van der Waals surface area contributed by atoms with Gasteiger partial charge in [0.05, 0.1) is 30.8 Å². The number of amides is 1. The van der Waals surface area contributed by atoms with Crippen molar-refractivity contribution >= 4 is 17.7 Å². The second-order valence-electron chi connectivity index (χ2n) is 17.8. The number of allylic oxidation sites excluding steroid dienone is 5. The summed E-state index contributed by atoms with van der Waals surface area (Å²) < 4.78 is 18.6. The van der Waals surface area contributed by atoms with Crippen LogP contribution in [0.2, 0.25) is 0 Å². The van der Waals surface area contributed by atoms with Gasteiger partial charge in [0, 0.05) is 44.8 Å². The predicted octanol–water partition coefficient (Wildman–Crippen LogP) is 7.55. The molecule has 2 saturated heterocycles. The average Bonchev–Trinajstić information content (AvgIpc) is 3.16. The molecule has 0 aromatic carbocycles. The van der Waals surface area contributed by atoms with E-state index in [9.17, 15) is 29.7 Å². The molecule has 3 fully saturated rings. The van der Waals surface area contributed by atoms with Gasteiger partial charge in [0.25, 0.3) is 0 Å². The summed E-state index contributed by atoms with van der Waals surface area (Å²) in [6, 6.07) is -0.776. The number of ether oxygens (including phenoxy) is 3. The Hall–Kier alpha value is -2.63. The average molecular weight is 784 g/mol. The Morgan fingerprint density at radius 1 is 0.929 bits per heavy atom. The van der Waals surface area contributed by atoms with E-state index < -0.39 is 30.0 Å². The number of ketones is 1. The lowest BCUT2D eigenvalue weighted by atomic mass is 9.80. The van der Waals surface area contributed by atoms with E-state index in [-0.39, 0.29) is 66.5 Å². The molecule has 0 spiro atoms. The van der Waals surface area contributed by atoms with E-state index in [1.54, 1.807) is 12.0 Å². The minimum absolute atomic E-state index is 0.00740. The minimum atomic E-state index is -1.68. The number of nitrogens with zero attached hydrogens (tertiary/aromatic N) is 1. The van der Waals surface area contributed by atoms with Crippen LogP contribution in [-0.4, -0.2) is 93.9 Å². The van der Waals surface area contributed by atoms with E-state index in [4.69, 9.17) is 14.2 Å². The van der Waals surface area contributed by atoms with Crippen LogP contribution >= 0.6 is 0 Å². The summed E-state index contributed by atoms with van der Waals surface area (Å²) in [6.07, 6.45) is 18.6. The quantitative estimate of drug-likeness (QED) is 0.195. The zero-order valence-corrected chi connectivity index (χ0v) is 35.4. The highest BCUT2D eigenvalue weighted by Gasteiger charge is 2.46. The molecule has 0 radical (unpaired) electrons. The van der Waals surface area contributed by atoms with E-state index in [2.05, 4.69) is 19.9 Å². The van der Waals surface area contributed by atoms with E-state index in [1.807, 2.05) is 58.1 Å². The van der Waals surface area contributed by atoms with Crippen molar-refractivity contribution in [1.82, 2.24) is 4.90 Å². The number of Topliss-reactive ketones (excluding diaryl/α,β-unsaturated/α-hetero) is 1. The number of cyclic esters (lactones) is 1. The van der Waals surface area contributed by atoms with Crippen molar-refractivity contribution in [2.24, 2.45) is 29.6 Å². The first kappa shape index (κ1) is 46.1. The van der Waals surface area contributed by atoms with Gasteiger partial charge >= 0.3 is 5.97 Å². The molecule has 1 aliphatic carbocycles. The van der Waals surface area contributed by atoms with Crippen LogP contribution in [0.15, 0.2) is 47.6 Å². The molecule has 10 nitrogen and oxygen atoms in total. The van der Waals surface area contributed by atoms with Gasteiger partial charge < -0.3 is 34.4 Å². The third kappa shape index (κ3) is 13.5. The standard InChI is InChI=1S/C46H73NO9/c1-30-13-9-8-10-14-32(3)43(54-7)27-38-22-17-35(6)46(53,56-38)29-44(51)47-24-12-11-15-39(47)45(52)55-42(34(5)26-36-18-20-37(48)21-19-36)23-16-31(2)40(49)28-41(50)33(4)25-30/h8-10,13-14,16,30,33-40,42-43,48-49,53H,11-12,15,17-29H2,1-7H3/b10-8+,13-9+,31-16+,32-14?/t30-,33-,34-,35-,36?,37?,38+,39+,40+,42+,43+,46+/m1/s1. The van der Waals surface area contributed by atoms with Gasteiger partial charge in [-0.2, -0.15) is 0 Å². The molecule has 10 heteroatoms. The first-order valence-electron chi connectivity index (χ1n) is 21.6. The van der Waals surface area contributed by atoms with Crippen molar-refractivity contribution < 1.29 is 43.9 Å². The molecule has 0 unspecified atom stereocenters. The summed E-state index contributed by atoms with van der Waals surface area (Å²) in [5.74, 6) is -2.40. The number of esters is 1. The Kier molecular flexibility index (Phi) is 18.0. The Bertz CT molecular complexity index is 1410. The maximum absolute atomic E-state index is 14.2. The highest BCUT2D eigenvalue weighted by Crippen LogP contribution is 2.38. The van der Waals surface area contributed by atoms with E-state index in [0.717, 1.165) is 56.9 Å². The summed E-state index contributed by atoms with van der Waals surface area (Å²) in [5, 5.41) is 33.1. The minimum Gasteiger partial charge on any atom is -0.460 e. The Morgan fingerprint density at radius 3 is 2.38 bits per heavy atom. The van der Waals surface area contributed by atoms with Crippen LogP contribution < -0.4 is 0 Å². The van der Waals surface area contributed by atoms with Crippen molar-refractivity contribution in [1.29, 1.82) is 0 Å². The van der Waals surface area contributed by atoms with Crippen LogP contribution in [0.25, 0.3) is 0 Å². The van der Waals surface area contributed by atoms with Crippen LogP contribution in [0.4, 0.5) is 0 Å². The maximum atomic E-state index is 14.2. The fraction of sp³-hybridized carbons (Fsp3) is 0.761. The molecule has 0 aromatic rings. The van der Waals surface area contributed by atoms with Gasteiger partial charge in [-0.1, -0.05) is 64.2 Å². The lowest BCUT2D eigenvalue weighted by Crippen LogP contribution is -2.54. The van der Waals surface area contributed by atoms with E-state index in [1.165, 1.54) is 0 Å². The fourth-order valence-corrected chi connectivity index (χ4v) is 9.08. The molecule has 316 valence electrons. The molecular formula is C46H73NO9. The van der Waals surface area contributed by atoms with Crippen molar-refractivity contribution in [3.8, 4) is 0 Å². The van der Waals surface area contributed by atoms with Crippen molar-refractivity contribution in [2.75, 3.05) is 13.7 Å². The molecular weight excluding hydrogens is 711 g/mol. The van der Waals surface area contributed by atoms with Crippen molar-refractivity contribution in [2.45, 2.75) is 180 Å². The highest BCUT2D eigenvalue weighted by molar-refractivity contribution is 5.85. The third-order valence-electron chi connectivity index (χ3n) is 13.1. The highest BCUT2D eigenvalue weighted by atomic mass is 16.6. The van der Waals surface area contributed by atoms with Gasteiger partial charge in [0.1, 0.15) is 17.9 Å². The SMILES string of the molecule is CO[C@H]1C[C@@H]2CC[C@@H](C)[C@](O)(CC(=O)N3CCCC[C@H]3C(=O)O[C@H]([C@H](C)CC3CCC(O)CC3)C/C=C(\C)[C@@H](O)CC(=O)[C@H](C)C[C@H](C)/C=C/C=C/C=C1C)O2. The smallest absolute Gasteiger partial charge is 0.329 e. The number of methoxy groups -OCH3 is 1. The molecule has 4 aliphatic rings. The molecule has 0 aromatic heterocycles. The lowest BCUT2D eigenvalue weighted by molar-refractivity contribution is -0.284. The molecule has 4 rings (SSSR count). The molecule has 3 aliphatic heterocycles. The van der Waals surface area contributed by atoms with E-state index >= 15 is 0 Å². The van der Waals surface area contributed by atoms with Crippen molar-refractivity contribution in [3.05, 3.63) is 47.6 Å². The van der Waals surface area contributed by atoms with Gasteiger partial charge in [-0.05, 0) is 113 Å². The number of fused-ring (bicyclic) bond motifs is 3. The summed E-state index contributed by atoms with van der Waals surface area (Å²) in [5.41, 5.74) is 1.67. The number of carbonyl (C=O) groups is 3. The van der Waals surface area contributed by atoms with Gasteiger partial charge in [-0.15, -0.1) is 0 Å². The third-order valence-corrected chi connectivity index (χ3v) is 13.1. The number of hydrogen-bond donors (Lipinski definition) is 3. The molecule has 3 N–H and O–H groups in total. The number of carbonyl (C=O) groups excluding carboxylic acids is 3. The second-order valence-corrected chi connectivity index (χ2v) is 17.8. The van der Waals surface area contributed by atoms with Gasteiger partial charge in [-0.25, -0.2) is 4.79 Å². The zero-order valence-electron chi connectivity index (χ0n) is 35.4. The largest absolute Gasteiger partial charge is 0.460 e. The number of piperidine rings is 1. The van der Waals surface area contributed by atoms with Gasteiger partial charge in [0.2, 0.25) is 5.91 Å². The van der Waals surface area contributed by atoms with E-state index in [0.29, 0.717) is 50.1 Å². The molecule has 1 saturated carbocycles. The fourth-order valence-electron chi connectivity index (χ4n) is 9.08. The summed E-state index contributed by atoms with van der Waals surface area (Å²) >= 11 is 0. The first-order valence-corrected chi connectivity index (χ1v) is 21.6. The number of aliphatic hydroxyl groups is 3. The predicted molar refractivity (Wildman–Crippen MR) is 218 cm³/mol. The van der Waals surface area contributed by atoms with Crippen molar-refractivity contribution in [3.63, 3.8) is 0 Å². The van der Waals surface area contributed by atoms with Crippen LogP contribution in [-0.2, 0) is 28.6 Å². The Balaban J connectivity index is 1.61. The molecule has 3 heterocycles. The van der Waals surface area contributed by atoms with Crippen LogP contribution in [0.5, 0.6) is 0 Å². The van der Waals surface area contributed by atoms with Crippen LogP contribution in [0.1, 0.15) is 138 Å². The van der Waals surface area contributed by atoms with Crippen LogP contribution in [0.3, 0.4) is 0 Å². The van der Waals surface area contributed by atoms with Crippen LogP contribution in [0, 0.1) is 29.6 Å². The number of rotatable bonds is 4. The summed E-state index contributed by atoms with van der Waals surface area (Å²) in [6.45, 7) is 12.2. The topological polar surface area (TPSA) is 143 Å². The Morgan fingerprint density at radius 2 is 1.66 bits per heavy atom. The summed E-state index contributed by atoms with van der Waals surface area (Å²) in [4.78, 5) is 43.1. The molecule has 10 atom stereocenters. The molecule has 56 heavy (non-hydrogen) atoms. The number of hydrogen-bond acceptors (Lipinski definition) is 9. The van der Waals surface area contributed by atoms with Gasteiger partial charge in [0.15, 0.2) is 5.79 Å².